The molecule has 2 aromatic heterocycles. The van der Waals surface area contributed by atoms with Crippen LogP contribution in [0.4, 0.5) is 0 Å². The average molecular weight is 301 g/mol. The van der Waals surface area contributed by atoms with Crippen molar-refractivity contribution in [3.8, 4) is 0 Å². The second-order valence-corrected chi connectivity index (χ2v) is 6.44. The number of carboxylic acids is 1. The molecule has 0 aliphatic rings. The Morgan fingerprint density at radius 1 is 1.53 bits per heavy atom. The van der Waals surface area contributed by atoms with Crippen LogP contribution < -0.4 is 4.72 Å². The van der Waals surface area contributed by atoms with Gasteiger partial charge in [0, 0.05) is 5.38 Å². The zero-order chi connectivity index (χ0) is 14.0. The number of hydrogen-bond donors (Lipinski definition) is 2. The van der Waals surface area contributed by atoms with Crippen molar-refractivity contribution < 1.29 is 22.7 Å². The molecule has 0 spiro atoms. The quantitative estimate of drug-likeness (QED) is 0.881. The van der Waals surface area contributed by atoms with E-state index in [0.29, 0.717) is 5.76 Å². The Kier molecular flexibility index (Phi) is 3.74. The molecule has 2 heterocycles. The van der Waals surface area contributed by atoms with Gasteiger partial charge in [-0.15, -0.1) is 11.3 Å². The summed E-state index contributed by atoms with van der Waals surface area (Å²) in [4.78, 5) is 10.6. The number of carbonyl (C=O) groups is 1. The van der Waals surface area contributed by atoms with Crippen LogP contribution in [-0.2, 0) is 10.0 Å². The highest BCUT2D eigenvalue weighted by Gasteiger charge is 2.22. The third-order valence-corrected chi connectivity index (χ3v) is 4.99. The largest absolute Gasteiger partial charge is 0.477 e. The molecule has 6 nitrogen and oxygen atoms in total. The zero-order valence-corrected chi connectivity index (χ0v) is 11.5. The summed E-state index contributed by atoms with van der Waals surface area (Å²) >= 11 is 0.867. The lowest BCUT2D eigenvalue weighted by Crippen LogP contribution is -2.26. The van der Waals surface area contributed by atoms with Crippen molar-refractivity contribution in [1.82, 2.24) is 4.72 Å². The Balaban J connectivity index is 2.20. The summed E-state index contributed by atoms with van der Waals surface area (Å²) in [7, 11) is -3.76. The Morgan fingerprint density at radius 3 is 2.79 bits per heavy atom. The van der Waals surface area contributed by atoms with Crippen LogP contribution in [0.25, 0.3) is 0 Å². The molecule has 2 N–H and O–H groups in total. The Bertz CT molecular complexity index is 672. The van der Waals surface area contributed by atoms with Crippen LogP contribution in [-0.4, -0.2) is 19.5 Å². The van der Waals surface area contributed by atoms with E-state index in [-0.39, 0.29) is 9.77 Å². The summed E-state index contributed by atoms with van der Waals surface area (Å²) < 4.78 is 31.6. The monoisotopic (exact) mass is 301 g/mol. The summed E-state index contributed by atoms with van der Waals surface area (Å²) in [6, 6.07) is 3.91. The number of hydrogen-bond acceptors (Lipinski definition) is 5. The molecular weight excluding hydrogens is 290 g/mol. The van der Waals surface area contributed by atoms with Crippen molar-refractivity contribution in [2.75, 3.05) is 0 Å². The summed E-state index contributed by atoms with van der Waals surface area (Å²) in [5.41, 5.74) is 0. The SMILES string of the molecule is C[C@H](NS(=O)(=O)c1csc(C(=O)O)c1)c1ccco1. The van der Waals surface area contributed by atoms with Gasteiger partial charge in [-0.1, -0.05) is 0 Å². The van der Waals surface area contributed by atoms with Crippen molar-refractivity contribution in [2.24, 2.45) is 0 Å². The molecule has 0 saturated carbocycles. The second kappa shape index (κ2) is 5.16. The van der Waals surface area contributed by atoms with Crippen molar-refractivity contribution >= 4 is 27.3 Å². The number of furan rings is 1. The van der Waals surface area contributed by atoms with E-state index in [1.54, 1.807) is 19.1 Å². The maximum absolute atomic E-state index is 12.0. The van der Waals surface area contributed by atoms with Crippen LogP contribution in [0.2, 0.25) is 0 Å². The molecule has 8 heteroatoms. The van der Waals surface area contributed by atoms with Gasteiger partial charge in [-0.3, -0.25) is 0 Å². The molecule has 0 unspecified atom stereocenters. The molecule has 0 bridgehead atoms. The number of aromatic carboxylic acids is 1. The summed E-state index contributed by atoms with van der Waals surface area (Å²) in [6.45, 7) is 1.64. The fourth-order valence-corrected chi connectivity index (χ4v) is 3.79. The van der Waals surface area contributed by atoms with Crippen LogP contribution in [0.3, 0.4) is 0 Å². The van der Waals surface area contributed by atoms with Gasteiger partial charge in [-0.05, 0) is 25.1 Å². The van der Waals surface area contributed by atoms with E-state index in [1.165, 1.54) is 11.6 Å². The lowest BCUT2D eigenvalue weighted by Gasteiger charge is -2.10. The molecule has 0 radical (unpaired) electrons. The zero-order valence-electron chi connectivity index (χ0n) is 9.86. The van der Waals surface area contributed by atoms with E-state index in [1.807, 2.05) is 0 Å². The minimum Gasteiger partial charge on any atom is -0.477 e. The third kappa shape index (κ3) is 3.03. The number of sulfonamides is 1. The van der Waals surface area contributed by atoms with Crippen molar-refractivity contribution in [2.45, 2.75) is 17.9 Å². The number of carboxylic acid groups (broad SMARTS) is 1. The van der Waals surface area contributed by atoms with Gasteiger partial charge in [-0.25, -0.2) is 17.9 Å². The molecule has 1 atom stereocenters. The molecule has 19 heavy (non-hydrogen) atoms. The van der Waals surface area contributed by atoms with Crippen molar-refractivity contribution in [1.29, 1.82) is 0 Å². The Morgan fingerprint density at radius 2 is 2.26 bits per heavy atom. The van der Waals surface area contributed by atoms with Crippen LogP contribution in [0.5, 0.6) is 0 Å². The van der Waals surface area contributed by atoms with Crippen LogP contribution in [0, 0.1) is 0 Å². The number of nitrogens with one attached hydrogen (secondary N) is 1. The van der Waals surface area contributed by atoms with Gasteiger partial charge in [-0.2, -0.15) is 0 Å². The maximum Gasteiger partial charge on any atom is 0.345 e. The molecule has 0 aromatic carbocycles. The predicted octanol–water partition coefficient (Wildman–Crippen LogP) is 2.08. The molecular formula is C11H11NO5S2. The van der Waals surface area contributed by atoms with E-state index in [9.17, 15) is 13.2 Å². The predicted molar refractivity (Wildman–Crippen MR) is 68.7 cm³/mol. The lowest BCUT2D eigenvalue weighted by molar-refractivity contribution is 0.0702. The van der Waals surface area contributed by atoms with Gasteiger partial charge in [0.1, 0.15) is 10.6 Å². The standard InChI is InChI=1S/C11H11NO5S2/c1-7(9-3-2-4-17-9)12-19(15,16)8-5-10(11(13)14)18-6-8/h2-7,12H,1H3,(H,13,14)/t7-/m0/s1. The highest BCUT2D eigenvalue weighted by atomic mass is 32.2. The van der Waals surface area contributed by atoms with Gasteiger partial charge in [0.25, 0.3) is 0 Å². The van der Waals surface area contributed by atoms with Gasteiger partial charge >= 0.3 is 5.97 Å². The minimum absolute atomic E-state index is 0.0222. The molecule has 0 fully saturated rings. The summed E-state index contributed by atoms with van der Waals surface area (Å²) in [5.74, 6) is -0.664. The van der Waals surface area contributed by atoms with Crippen LogP contribution >= 0.6 is 11.3 Å². The maximum atomic E-state index is 12.0. The topological polar surface area (TPSA) is 96.6 Å². The first kappa shape index (κ1) is 13.8. The number of rotatable bonds is 5. The third-order valence-electron chi connectivity index (χ3n) is 2.40. The molecule has 0 amide bonds. The van der Waals surface area contributed by atoms with E-state index in [2.05, 4.69) is 4.72 Å². The first-order valence-electron chi connectivity index (χ1n) is 5.28. The average Bonchev–Trinajstić information content (AvgIpc) is 3.00. The highest BCUT2D eigenvalue weighted by molar-refractivity contribution is 7.89. The van der Waals surface area contributed by atoms with Gasteiger partial charge in [0.2, 0.25) is 10.0 Å². The van der Waals surface area contributed by atoms with Crippen molar-refractivity contribution in [3.63, 3.8) is 0 Å². The minimum atomic E-state index is -3.76. The van der Waals surface area contributed by atoms with E-state index in [4.69, 9.17) is 9.52 Å². The smallest absolute Gasteiger partial charge is 0.345 e. The highest BCUT2D eigenvalue weighted by Crippen LogP contribution is 2.22. The molecule has 0 saturated heterocycles. The molecule has 0 aliphatic carbocycles. The Hall–Kier alpha value is -1.64. The fraction of sp³-hybridized carbons (Fsp3) is 0.182. The Labute approximate surface area is 113 Å². The normalized spacial score (nSPS) is 13.3. The molecule has 102 valence electrons. The van der Waals surface area contributed by atoms with Crippen LogP contribution in [0.15, 0.2) is 39.2 Å². The molecule has 2 rings (SSSR count). The molecule has 0 aliphatic heterocycles. The van der Waals surface area contributed by atoms with Gasteiger partial charge in [0.15, 0.2) is 0 Å². The van der Waals surface area contributed by atoms with Crippen LogP contribution in [0.1, 0.15) is 28.4 Å². The van der Waals surface area contributed by atoms with Crippen molar-refractivity contribution in [3.05, 3.63) is 40.5 Å². The fourth-order valence-electron chi connectivity index (χ4n) is 1.47. The number of thiophene rings is 1. The lowest BCUT2D eigenvalue weighted by atomic mass is 10.3. The van der Waals surface area contributed by atoms with E-state index < -0.39 is 22.0 Å². The van der Waals surface area contributed by atoms with Gasteiger partial charge in [0.05, 0.1) is 17.2 Å². The van der Waals surface area contributed by atoms with Gasteiger partial charge < -0.3 is 9.52 Å². The first-order valence-corrected chi connectivity index (χ1v) is 7.64. The first-order chi connectivity index (χ1) is 8.90. The van der Waals surface area contributed by atoms with E-state index in [0.717, 1.165) is 17.4 Å². The van der Waals surface area contributed by atoms with E-state index >= 15 is 0 Å². The molecule has 2 aromatic rings. The second-order valence-electron chi connectivity index (χ2n) is 3.81. The summed E-state index contributed by atoms with van der Waals surface area (Å²) in [5, 5.41) is 10.1. The summed E-state index contributed by atoms with van der Waals surface area (Å²) in [6.07, 6.45) is 1.45.